The minimum atomic E-state index is -0.425. The predicted octanol–water partition coefficient (Wildman–Crippen LogP) is 0.103. The summed E-state index contributed by atoms with van der Waals surface area (Å²) in [5.41, 5.74) is 0.424. The molecule has 3 aromatic rings. The standard InChI is InChI=1S/C10H8N4O2/c1-14-7-5-2-3-11-8(5)12-4-6(7)9(15)13-10(14)16/h2-4H,1H3,(H,11,12)(H,13,15,16). The van der Waals surface area contributed by atoms with Crippen LogP contribution in [-0.4, -0.2) is 19.5 Å². The van der Waals surface area contributed by atoms with Crippen molar-refractivity contribution in [1.82, 2.24) is 19.5 Å². The molecular weight excluding hydrogens is 208 g/mol. The minimum absolute atomic E-state index is 0.409. The van der Waals surface area contributed by atoms with Gasteiger partial charge in [-0.15, -0.1) is 0 Å². The zero-order valence-electron chi connectivity index (χ0n) is 8.44. The van der Waals surface area contributed by atoms with Crippen molar-refractivity contribution in [2.45, 2.75) is 0 Å². The number of hydrogen-bond donors (Lipinski definition) is 2. The van der Waals surface area contributed by atoms with Crippen molar-refractivity contribution >= 4 is 21.9 Å². The molecule has 0 aliphatic heterocycles. The normalized spacial score (nSPS) is 11.3. The number of fused-ring (bicyclic) bond motifs is 3. The first kappa shape index (κ1) is 8.90. The summed E-state index contributed by atoms with van der Waals surface area (Å²) < 4.78 is 1.41. The molecule has 0 bridgehead atoms. The van der Waals surface area contributed by atoms with Crippen molar-refractivity contribution in [3.8, 4) is 0 Å². The average Bonchev–Trinajstić information content (AvgIpc) is 2.72. The fourth-order valence-electron chi connectivity index (χ4n) is 1.87. The molecule has 0 fully saturated rings. The Morgan fingerprint density at radius 3 is 2.94 bits per heavy atom. The maximum atomic E-state index is 11.6. The number of pyridine rings is 1. The van der Waals surface area contributed by atoms with Crippen molar-refractivity contribution in [2.24, 2.45) is 7.05 Å². The maximum absolute atomic E-state index is 11.6. The van der Waals surface area contributed by atoms with Gasteiger partial charge in [-0.25, -0.2) is 9.78 Å². The molecule has 2 N–H and O–H groups in total. The fraction of sp³-hybridized carbons (Fsp3) is 0.100. The summed E-state index contributed by atoms with van der Waals surface area (Å²) in [5, 5.41) is 1.18. The van der Waals surface area contributed by atoms with Gasteiger partial charge in [0, 0.05) is 24.8 Å². The molecule has 80 valence electrons. The SMILES string of the molecule is Cn1c(=O)[nH]c(=O)c2cnc3[nH]ccc3c21. The van der Waals surface area contributed by atoms with Gasteiger partial charge in [-0.1, -0.05) is 0 Å². The second-order valence-electron chi connectivity index (χ2n) is 3.58. The first-order valence-corrected chi connectivity index (χ1v) is 4.73. The highest BCUT2D eigenvalue weighted by molar-refractivity contribution is 6.01. The van der Waals surface area contributed by atoms with E-state index in [9.17, 15) is 9.59 Å². The lowest BCUT2D eigenvalue weighted by Crippen LogP contribution is -2.28. The topological polar surface area (TPSA) is 83.5 Å². The predicted molar refractivity (Wildman–Crippen MR) is 59.5 cm³/mol. The second kappa shape index (κ2) is 2.82. The molecule has 16 heavy (non-hydrogen) atoms. The van der Waals surface area contributed by atoms with Crippen molar-refractivity contribution in [1.29, 1.82) is 0 Å². The summed E-state index contributed by atoms with van der Waals surface area (Å²) in [6.07, 6.45) is 3.19. The molecular formula is C10H8N4O2. The number of aromatic nitrogens is 4. The lowest BCUT2D eigenvalue weighted by Gasteiger charge is -2.03. The van der Waals surface area contributed by atoms with Gasteiger partial charge < -0.3 is 4.98 Å². The van der Waals surface area contributed by atoms with E-state index in [2.05, 4.69) is 15.0 Å². The van der Waals surface area contributed by atoms with Gasteiger partial charge in [-0.3, -0.25) is 14.3 Å². The number of hydrogen-bond acceptors (Lipinski definition) is 3. The van der Waals surface area contributed by atoms with Gasteiger partial charge in [0.2, 0.25) is 0 Å². The van der Waals surface area contributed by atoms with Crippen LogP contribution < -0.4 is 11.2 Å². The molecule has 0 spiro atoms. The van der Waals surface area contributed by atoms with Crippen LogP contribution in [0, 0.1) is 0 Å². The quantitative estimate of drug-likeness (QED) is 0.559. The number of rotatable bonds is 0. The van der Waals surface area contributed by atoms with E-state index in [1.54, 1.807) is 19.3 Å². The minimum Gasteiger partial charge on any atom is -0.346 e. The molecule has 0 radical (unpaired) electrons. The molecule has 3 aromatic heterocycles. The summed E-state index contributed by atoms with van der Waals surface area (Å²) in [4.78, 5) is 32.4. The Hall–Kier alpha value is -2.37. The Balaban J connectivity index is 2.79. The smallest absolute Gasteiger partial charge is 0.328 e. The van der Waals surface area contributed by atoms with Crippen LogP contribution in [0.5, 0.6) is 0 Å². The van der Waals surface area contributed by atoms with Crippen LogP contribution in [0.1, 0.15) is 0 Å². The molecule has 3 rings (SSSR count). The highest BCUT2D eigenvalue weighted by atomic mass is 16.2. The van der Waals surface area contributed by atoms with Crippen LogP contribution in [-0.2, 0) is 7.05 Å². The second-order valence-corrected chi connectivity index (χ2v) is 3.58. The van der Waals surface area contributed by atoms with Crippen LogP contribution in [0.2, 0.25) is 0 Å². The van der Waals surface area contributed by atoms with Crippen molar-refractivity contribution in [3.05, 3.63) is 39.3 Å². The van der Waals surface area contributed by atoms with Crippen molar-refractivity contribution in [3.63, 3.8) is 0 Å². The van der Waals surface area contributed by atoms with E-state index in [1.165, 1.54) is 10.8 Å². The molecule has 6 heteroatoms. The maximum Gasteiger partial charge on any atom is 0.328 e. The summed E-state index contributed by atoms with van der Waals surface area (Å²) in [6, 6.07) is 1.80. The molecule has 3 heterocycles. The Kier molecular flexibility index (Phi) is 1.57. The Bertz CT molecular complexity index is 809. The van der Waals surface area contributed by atoms with Crippen LogP contribution >= 0.6 is 0 Å². The molecule has 6 nitrogen and oxygen atoms in total. The molecule has 0 saturated heterocycles. The van der Waals surface area contributed by atoms with Gasteiger partial charge in [-0.05, 0) is 6.07 Å². The zero-order chi connectivity index (χ0) is 11.3. The summed E-state index contributed by atoms with van der Waals surface area (Å²) in [5.74, 6) is 0. The molecule has 0 amide bonds. The number of nitrogens with zero attached hydrogens (tertiary/aromatic N) is 2. The van der Waals surface area contributed by atoms with Gasteiger partial charge in [0.25, 0.3) is 5.56 Å². The van der Waals surface area contributed by atoms with E-state index in [1.807, 2.05) is 0 Å². The largest absolute Gasteiger partial charge is 0.346 e. The number of H-pyrrole nitrogens is 2. The van der Waals surface area contributed by atoms with E-state index in [4.69, 9.17) is 0 Å². The van der Waals surface area contributed by atoms with E-state index in [0.717, 1.165) is 5.39 Å². The van der Waals surface area contributed by atoms with Crippen LogP contribution in [0.4, 0.5) is 0 Å². The Morgan fingerprint density at radius 1 is 1.31 bits per heavy atom. The molecule has 0 atom stereocenters. The highest BCUT2D eigenvalue weighted by Gasteiger charge is 2.09. The molecule has 0 aliphatic rings. The van der Waals surface area contributed by atoms with Gasteiger partial charge in [0.05, 0.1) is 10.9 Å². The van der Waals surface area contributed by atoms with Crippen LogP contribution in [0.3, 0.4) is 0 Å². The van der Waals surface area contributed by atoms with E-state index >= 15 is 0 Å². The Morgan fingerprint density at radius 2 is 2.12 bits per heavy atom. The molecule has 0 saturated carbocycles. The van der Waals surface area contributed by atoms with Crippen LogP contribution in [0.15, 0.2) is 28.0 Å². The van der Waals surface area contributed by atoms with Crippen molar-refractivity contribution in [2.75, 3.05) is 0 Å². The van der Waals surface area contributed by atoms with Gasteiger partial charge >= 0.3 is 5.69 Å². The monoisotopic (exact) mass is 216 g/mol. The molecule has 0 aliphatic carbocycles. The number of nitrogens with one attached hydrogen (secondary N) is 2. The molecule has 0 aromatic carbocycles. The third-order valence-corrected chi connectivity index (χ3v) is 2.66. The van der Waals surface area contributed by atoms with Gasteiger partial charge in [0.15, 0.2) is 0 Å². The highest BCUT2D eigenvalue weighted by Crippen LogP contribution is 2.17. The summed E-state index contributed by atoms with van der Waals surface area (Å²) >= 11 is 0. The third kappa shape index (κ3) is 0.979. The number of aromatic amines is 2. The number of aryl methyl sites for hydroxylation is 1. The first-order valence-electron chi connectivity index (χ1n) is 4.73. The Labute approximate surface area is 88.6 Å². The summed E-state index contributed by atoms with van der Waals surface area (Å²) in [7, 11) is 1.62. The van der Waals surface area contributed by atoms with E-state index in [-0.39, 0.29) is 0 Å². The first-order chi connectivity index (χ1) is 7.68. The van der Waals surface area contributed by atoms with Crippen LogP contribution in [0.25, 0.3) is 21.9 Å². The zero-order valence-corrected chi connectivity index (χ0v) is 8.44. The lowest BCUT2D eigenvalue weighted by atomic mass is 10.2. The average molecular weight is 216 g/mol. The van der Waals surface area contributed by atoms with Gasteiger partial charge in [0.1, 0.15) is 5.65 Å². The lowest BCUT2D eigenvalue weighted by molar-refractivity contribution is 0.845. The molecule has 0 unspecified atom stereocenters. The van der Waals surface area contributed by atoms with E-state index < -0.39 is 11.2 Å². The fourth-order valence-corrected chi connectivity index (χ4v) is 1.87. The van der Waals surface area contributed by atoms with Gasteiger partial charge in [-0.2, -0.15) is 0 Å². The van der Waals surface area contributed by atoms with Crippen molar-refractivity contribution < 1.29 is 0 Å². The third-order valence-electron chi connectivity index (χ3n) is 2.66. The summed E-state index contributed by atoms with van der Waals surface area (Å²) in [6.45, 7) is 0. The van der Waals surface area contributed by atoms with E-state index in [0.29, 0.717) is 16.6 Å².